The summed E-state index contributed by atoms with van der Waals surface area (Å²) >= 11 is 0. The number of hydrogen-bond donors (Lipinski definition) is 0. The molecule has 2 nitrogen and oxygen atoms in total. The van der Waals surface area contributed by atoms with Crippen LogP contribution < -0.4 is 4.74 Å². The van der Waals surface area contributed by atoms with Crippen molar-refractivity contribution in [1.29, 1.82) is 0 Å². The predicted octanol–water partition coefficient (Wildman–Crippen LogP) is 2.73. The predicted molar refractivity (Wildman–Crippen MR) is 51.9 cm³/mol. The van der Waals surface area contributed by atoms with Gasteiger partial charge in [-0.25, -0.2) is 0 Å². The number of halogens is 1. The molecule has 0 N–H and O–H groups in total. The Morgan fingerprint density at radius 3 is 2.57 bits per heavy atom. The number of alkyl halides is 1. The highest BCUT2D eigenvalue weighted by Crippen LogP contribution is 2.10. The normalized spacial score (nSPS) is 9.79. The molecule has 1 rings (SSSR count). The van der Waals surface area contributed by atoms with Gasteiger partial charge in [0.15, 0.2) is 0 Å². The molecule has 0 amide bonds. The first-order valence-electron chi connectivity index (χ1n) is 4.64. The van der Waals surface area contributed by atoms with E-state index in [0.717, 1.165) is 0 Å². The highest BCUT2D eigenvalue weighted by Gasteiger charge is 2.03. The van der Waals surface area contributed by atoms with E-state index in [1.807, 2.05) is 6.07 Å². The van der Waals surface area contributed by atoms with Crippen LogP contribution in [0.5, 0.6) is 5.75 Å². The largest absolute Gasteiger partial charge is 0.427 e. The zero-order valence-corrected chi connectivity index (χ0v) is 7.91. The molecule has 0 spiro atoms. The molecule has 0 saturated carbocycles. The summed E-state index contributed by atoms with van der Waals surface area (Å²) in [6, 6.07) is 8.87. The topological polar surface area (TPSA) is 26.3 Å². The van der Waals surface area contributed by atoms with Gasteiger partial charge in [-0.3, -0.25) is 9.18 Å². The third kappa shape index (κ3) is 4.03. The minimum absolute atomic E-state index is 0.277. The molecule has 0 unspecified atom stereocenters. The summed E-state index contributed by atoms with van der Waals surface area (Å²) in [6.45, 7) is -0.376. The number of ether oxygens (including phenoxy) is 1. The van der Waals surface area contributed by atoms with Crippen molar-refractivity contribution < 1.29 is 13.9 Å². The maximum atomic E-state index is 11.7. The second-order valence-electron chi connectivity index (χ2n) is 2.93. The Hall–Kier alpha value is -1.38. The number of unbranched alkanes of at least 4 members (excludes halogenated alkanes) is 1. The lowest BCUT2D eigenvalue weighted by atomic mass is 10.2. The van der Waals surface area contributed by atoms with Crippen LogP contribution in [0.4, 0.5) is 4.39 Å². The molecule has 0 aliphatic carbocycles. The molecule has 0 radical (unpaired) electrons. The first-order chi connectivity index (χ1) is 6.83. The summed E-state index contributed by atoms with van der Waals surface area (Å²) in [6.07, 6.45) is 1.24. The second-order valence-corrected chi connectivity index (χ2v) is 2.93. The van der Waals surface area contributed by atoms with Crippen molar-refractivity contribution >= 4 is 5.97 Å². The molecule has 0 aromatic heterocycles. The lowest BCUT2D eigenvalue weighted by molar-refractivity contribution is -0.134. The van der Waals surface area contributed by atoms with Crippen molar-refractivity contribution in [2.75, 3.05) is 6.67 Å². The Bertz CT molecular complexity index is 272. The van der Waals surface area contributed by atoms with Gasteiger partial charge in [-0.15, -0.1) is 0 Å². The number of carbonyl (C=O) groups is 1. The van der Waals surface area contributed by atoms with Crippen molar-refractivity contribution in [3.8, 4) is 5.75 Å². The zero-order chi connectivity index (χ0) is 10.2. The lowest BCUT2D eigenvalue weighted by Gasteiger charge is -2.02. The van der Waals surface area contributed by atoms with E-state index in [9.17, 15) is 9.18 Å². The molecular formula is C11H13FO2. The van der Waals surface area contributed by atoms with Crippen LogP contribution in [-0.4, -0.2) is 12.6 Å². The van der Waals surface area contributed by atoms with E-state index < -0.39 is 0 Å². The molecule has 0 heterocycles. The summed E-state index contributed by atoms with van der Waals surface area (Å²) < 4.78 is 16.7. The maximum Gasteiger partial charge on any atom is 0.311 e. The Morgan fingerprint density at radius 1 is 1.21 bits per heavy atom. The number of esters is 1. The quantitative estimate of drug-likeness (QED) is 0.411. The zero-order valence-electron chi connectivity index (χ0n) is 7.91. The molecule has 0 aliphatic rings. The number of hydrogen-bond acceptors (Lipinski definition) is 2. The third-order valence-electron chi connectivity index (χ3n) is 1.74. The first-order valence-corrected chi connectivity index (χ1v) is 4.64. The molecular weight excluding hydrogens is 183 g/mol. The number of carbonyl (C=O) groups excluding carboxylic acids is 1. The number of benzene rings is 1. The van der Waals surface area contributed by atoms with Gasteiger partial charge < -0.3 is 4.74 Å². The fourth-order valence-corrected chi connectivity index (χ4v) is 1.03. The molecule has 1 aromatic rings. The summed E-state index contributed by atoms with van der Waals surface area (Å²) in [5.74, 6) is 0.238. The van der Waals surface area contributed by atoms with Crippen LogP contribution in [0.1, 0.15) is 19.3 Å². The van der Waals surface area contributed by atoms with Gasteiger partial charge in [0.2, 0.25) is 0 Å². The highest BCUT2D eigenvalue weighted by molar-refractivity contribution is 5.72. The van der Waals surface area contributed by atoms with Gasteiger partial charge in [0.1, 0.15) is 5.75 Å². The van der Waals surface area contributed by atoms with E-state index >= 15 is 0 Å². The molecule has 3 heteroatoms. The number of para-hydroxylation sites is 1. The molecule has 1 aromatic carbocycles. The van der Waals surface area contributed by atoms with Crippen LogP contribution in [0.2, 0.25) is 0 Å². The summed E-state index contributed by atoms with van der Waals surface area (Å²) in [5, 5.41) is 0. The SMILES string of the molecule is O=C(CCCCF)Oc1ccccc1. The van der Waals surface area contributed by atoms with Gasteiger partial charge in [-0.1, -0.05) is 18.2 Å². The standard InChI is InChI=1S/C11H13FO2/c12-9-5-4-8-11(13)14-10-6-2-1-3-7-10/h1-3,6-7H,4-5,8-9H2. The Kier molecular flexibility index (Phi) is 4.69. The first kappa shape index (κ1) is 10.7. The van der Waals surface area contributed by atoms with Gasteiger partial charge in [0.25, 0.3) is 0 Å². The van der Waals surface area contributed by atoms with Crippen LogP contribution in [-0.2, 0) is 4.79 Å². The van der Waals surface area contributed by atoms with Crippen LogP contribution in [0.3, 0.4) is 0 Å². The Balaban J connectivity index is 2.27. The van der Waals surface area contributed by atoms with E-state index in [-0.39, 0.29) is 19.1 Å². The van der Waals surface area contributed by atoms with E-state index in [0.29, 0.717) is 18.6 Å². The van der Waals surface area contributed by atoms with Crippen LogP contribution in [0.25, 0.3) is 0 Å². The summed E-state index contributed by atoms with van der Waals surface area (Å²) in [5.41, 5.74) is 0. The van der Waals surface area contributed by atoms with Crippen LogP contribution in [0.15, 0.2) is 30.3 Å². The Labute approximate surface area is 82.7 Å². The van der Waals surface area contributed by atoms with Crippen LogP contribution >= 0.6 is 0 Å². The van der Waals surface area contributed by atoms with E-state index in [4.69, 9.17) is 4.74 Å². The summed E-state index contributed by atoms with van der Waals surface area (Å²) in [4.78, 5) is 11.1. The van der Waals surface area contributed by atoms with Crippen molar-refractivity contribution in [2.24, 2.45) is 0 Å². The fourth-order valence-electron chi connectivity index (χ4n) is 1.03. The molecule has 0 aliphatic heterocycles. The molecule has 14 heavy (non-hydrogen) atoms. The van der Waals surface area contributed by atoms with Gasteiger partial charge >= 0.3 is 5.97 Å². The van der Waals surface area contributed by atoms with Crippen molar-refractivity contribution in [1.82, 2.24) is 0 Å². The second kappa shape index (κ2) is 6.13. The van der Waals surface area contributed by atoms with Crippen molar-refractivity contribution in [3.05, 3.63) is 30.3 Å². The van der Waals surface area contributed by atoms with Gasteiger partial charge in [0, 0.05) is 6.42 Å². The highest BCUT2D eigenvalue weighted by atomic mass is 19.1. The monoisotopic (exact) mass is 196 g/mol. The fraction of sp³-hybridized carbons (Fsp3) is 0.364. The van der Waals surface area contributed by atoms with Gasteiger partial charge in [-0.05, 0) is 25.0 Å². The third-order valence-corrected chi connectivity index (χ3v) is 1.74. The molecule has 76 valence electrons. The molecule has 0 bridgehead atoms. The van der Waals surface area contributed by atoms with Crippen LogP contribution in [0, 0.1) is 0 Å². The molecule has 0 saturated heterocycles. The van der Waals surface area contributed by atoms with E-state index in [1.54, 1.807) is 24.3 Å². The minimum Gasteiger partial charge on any atom is -0.427 e. The molecule has 0 atom stereocenters. The van der Waals surface area contributed by atoms with Gasteiger partial charge in [0.05, 0.1) is 6.67 Å². The number of rotatable bonds is 5. The lowest BCUT2D eigenvalue weighted by Crippen LogP contribution is -2.07. The smallest absolute Gasteiger partial charge is 0.311 e. The average molecular weight is 196 g/mol. The van der Waals surface area contributed by atoms with E-state index in [1.165, 1.54) is 0 Å². The average Bonchev–Trinajstić information content (AvgIpc) is 2.20. The van der Waals surface area contributed by atoms with Gasteiger partial charge in [-0.2, -0.15) is 0 Å². The van der Waals surface area contributed by atoms with Crippen molar-refractivity contribution in [2.45, 2.75) is 19.3 Å². The maximum absolute atomic E-state index is 11.7. The Morgan fingerprint density at radius 2 is 1.93 bits per heavy atom. The van der Waals surface area contributed by atoms with Crippen molar-refractivity contribution in [3.63, 3.8) is 0 Å². The van der Waals surface area contributed by atoms with E-state index in [2.05, 4.69) is 0 Å². The molecule has 0 fully saturated rings. The minimum atomic E-state index is -0.376. The summed E-state index contributed by atoms with van der Waals surface area (Å²) in [7, 11) is 0.